The van der Waals surface area contributed by atoms with Crippen molar-refractivity contribution in [1.82, 2.24) is 4.90 Å². The number of nitrogens with zero attached hydrogens (tertiary/aromatic N) is 1. The number of urea groups is 1. The number of carbonyl (C=O) groups excluding carboxylic acids is 1. The number of likely N-dealkylation sites (N-methyl/N-ethyl adjacent to an activating group) is 1. The minimum absolute atomic E-state index is 0.0240. The highest BCUT2D eigenvalue weighted by Crippen LogP contribution is 2.21. The topological polar surface area (TPSA) is 72.8 Å². The van der Waals surface area contributed by atoms with Crippen molar-refractivity contribution >= 4 is 11.7 Å². The lowest BCUT2D eigenvalue weighted by molar-refractivity contribution is 0.192. The molecule has 0 fully saturated rings. The van der Waals surface area contributed by atoms with Gasteiger partial charge in [-0.1, -0.05) is 12.1 Å². The van der Waals surface area contributed by atoms with E-state index in [0.717, 1.165) is 0 Å². The van der Waals surface area contributed by atoms with Gasteiger partial charge in [-0.25, -0.2) is 4.79 Å². The monoisotopic (exact) mass is 224 g/mol. The van der Waals surface area contributed by atoms with Crippen molar-refractivity contribution in [2.45, 2.75) is 6.92 Å². The van der Waals surface area contributed by atoms with Gasteiger partial charge in [0.05, 0.1) is 12.3 Å². The van der Waals surface area contributed by atoms with Crippen LogP contribution < -0.4 is 5.32 Å². The second-order valence-electron chi connectivity index (χ2n) is 3.25. The van der Waals surface area contributed by atoms with Crippen LogP contribution in [0.1, 0.15) is 6.92 Å². The molecule has 0 atom stereocenters. The second-order valence-corrected chi connectivity index (χ2v) is 3.25. The van der Waals surface area contributed by atoms with Crippen LogP contribution in [-0.2, 0) is 0 Å². The first-order chi connectivity index (χ1) is 7.69. The molecule has 1 aromatic carbocycles. The Labute approximate surface area is 94.3 Å². The van der Waals surface area contributed by atoms with Crippen molar-refractivity contribution in [3.8, 4) is 5.75 Å². The number of anilines is 1. The zero-order chi connectivity index (χ0) is 12.0. The molecule has 0 saturated carbocycles. The van der Waals surface area contributed by atoms with E-state index in [-0.39, 0.29) is 24.9 Å². The maximum absolute atomic E-state index is 11.7. The summed E-state index contributed by atoms with van der Waals surface area (Å²) in [6.45, 7) is 2.51. The number of rotatable bonds is 4. The van der Waals surface area contributed by atoms with E-state index in [1.165, 1.54) is 11.0 Å². The van der Waals surface area contributed by atoms with Crippen molar-refractivity contribution in [2.75, 3.05) is 25.0 Å². The number of aromatic hydroxyl groups is 1. The Morgan fingerprint density at radius 2 is 2.12 bits per heavy atom. The van der Waals surface area contributed by atoms with E-state index < -0.39 is 0 Å². The number of nitrogens with one attached hydrogen (secondary N) is 1. The maximum Gasteiger partial charge on any atom is 0.322 e. The predicted molar refractivity (Wildman–Crippen MR) is 61.5 cm³/mol. The number of benzene rings is 1. The summed E-state index contributed by atoms with van der Waals surface area (Å²) >= 11 is 0. The van der Waals surface area contributed by atoms with E-state index in [1.807, 2.05) is 6.92 Å². The van der Waals surface area contributed by atoms with Gasteiger partial charge in [0, 0.05) is 13.1 Å². The highest BCUT2D eigenvalue weighted by atomic mass is 16.3. The van der Waals surface area contributed by atoms with E-state index in [2.05, 4.69) is 5.32 Å². The number of aliphatic hydroxyl groups excluding tert-OH is 1. The summed E-state index contributed by atoms with van der Waals surface area (Å²) in [6, 6.07) is 6.17. The predicted octanol–water partition coefficient (Wildman–Crippen LogP) is 1.24. The average Bonchev–Trinajstić information content (AvgIpc) is 2.29. The van der Waals surface area contributed by atoms with Crippen LogP contribution in [0, 0.1) is 0 Å². The highest BCUT2D eigenvalue weighted by molar-refractivity contribution is 5.90. The molecule has 5 nitrogen and oxygen atoms in total. The van der Waals surface area contributed by atoms with Crippen molar-refractivity contribution < 1.29 is 15.0 Å². The van der Waals surface area contributed by atoms with Gasteiger partial charge in [0.1, 0.15) is 5.75 Å². The molecule has 0 aromatic heterocycles. The lowest BCUT2D eigenvalue weighted by Crippen LogP contribution is -2.36. The second kappa shape index (κ2) is 5.97. The molecule has 0 saturated heterocycles. The summed E-state index contributed by atoms with van der Waals surface area (Å²) in [4.78, 5) is 13.1. The Morgan fingerprint density at radius 3 is 2.69 bits per heavy atom. The van der Waals surface area contributed by atoms with E-state index >= 15 is 0 Å². The number of phenolic OH excluding ortho intramolecular Hbond substituents is 1. The molecule has 0 radical (unpaired) electrons. The lowest BCUT2D eigenvalue weighted by Gasteiger charge is -2.20. The molecular weight excluding hydrogens is 208 g/mol. The molecule has 16 heavy (non-hydrogen) atoms. The molecule has 88 valence electrons. The van der Waals surface area contributed by atoms with Gasteiger partial charge in [-0.05, 0) is 19.1 Å². The van der Waals surface area contributed by atoms with Crippen LogP contribution in [0.3, 0.4) is 0 Å². The summed E-state index contributed by atoms with van der Waals surface area (Å²) in [5, 5.41) is 20.8. The van der Waals surface area contributed by atoms with Crippen LogP contribution >= 0.6 is 0 Å². The normalized spacial score (nSPS) is 9.88. The van der Waals surface area contributed by atoms with Crippen LogP contribution in [0.2, 0.25) is 0 Å². The van der Waals surface area contributed by atoms with Gasteiger partial charge in [-0.15, -0.1) is 0 Å². The van der Waals surface area contributed by atoms with Crippen molar-refractivity contribution in [2.24, 2.45) is 0 Å². The largest absolute Gasteiger partial charge is 0.506 e. The molecule has 0 bridgehead atoms. The number of phenols is 1. The molecule has 0 aliphatic heterocycles. The van der Waals surface area contributed by atoms with E-state index in [4.69, 9.17) is 5.11 Å². The first kappa shape index (κ1) is 12.3. The smallest absolute Gasteiger partial charge is 0.322 e. The Kier molecular flexibility index (Phi) is 4.60. The quantitative estimate of drug-likeness (QED) is 0.674. The fraction of sp³-hybridized carbons (Fsp3) is 0.364. The summed E-state index contributed by atoms with van der Waals surface area (Å²) < 4.78 is 0. The molecule has 3 N–H and O–H groups in total. The van der Waals surface area contributed by atoms with Crippen LogP contribution in [0.5, 0.6) is 5.75 Å². The summed E-state index contributed by atoms with van der Waals surface area (Å²) in [5.41, 5.74) is 0.365. The molecular formula is C11H16N2O3. The molecule has 0 spiro atoms. The summed E-state index contributed by atoms with van der Waals surface area (Å²) in [7, 11) is 0. The minimum atomic E-state index is -0.335. The average molecular weight is 224 g/mol. The Hall–Kier alpha value is -1.75. The van der Waals surface area contributed by atoms with Gasteiger partial charge in [0.25, 0.3) is 0 Å². The van der Waals surface area contributed by atoms with Crippen molar-refractivity contribution in [1.29, 1.82) is 0 Å². The van der Waals surface area contributed by atoms with E-state index in [0.29, 0.717) is 12.2 Å². The molecule has 0 heterocycles. The fourth-order valence-corrected chi connectivity index (χ4v) is 1.30. The molecule has 0 aliphatic carbocycles. The molecule has 1 rings (SSSR count). The fourth-order valence-electron chi connectivity index (χ4n) is 1.30. The SMILES string of the molecule is CCN(CCO)C(=O)Nc1ccccc1O. The van der Waals surface area contributed by atoms with Crippen molar-refractivity contribution in [3.63, 3.8) is 0 Å². The first-order valence-electron chi connectivity index (χ1n) is 5.13. The highest BCUT2D eigenvalue weighted by Gasteiger charge is 2.12. The maximum atomic E-state index is 11.7. The number of hydrogen-bond acceptors (Lipinski definition) is 3. The number of hydrogen-bond donors (Lipinski definition) is 3. The standard InChI is InChI=1S/C11H16N2O3/c1-2-13(7-8-14)11(16)12-9-5-3-4-6-10(9)15/h3-6,14-15H,2,7-8H2,1H3,(H,12,16). The third-order valence-electron chi connectivity index (χ3n) is 2.18. The van der Waals surface area contributed by atoms with Gasteiger partial charge in [0.15, 0.2) is 0 Å². The molecule has 5 heteroatoms. The van der Waals surface area contributed by atoms with Crippen LogP contribution in [-0.4, -0.2) is 40.8 Å². The van der Waals surface area contributed by atoms with Crippen molar-refractivity contribution in [3.05, 3.63) is 24.3 Å². The van der Waals surface area contributed by atoms with Crippen LogP contribution in [0.15, 0.2) is 24.3 Å². The van der Waals surface area contributed by atoms with E-state index in [9.17, 15) is 9.90 Å². The van der Waals surface area contributed by atoms with Crippen LogP contribution in [0.25, 0.3) is 0 Å². The Morgan fingerprint density at radius 1 is 1.44 bits per heavy atom. The zero-order valence-corrected chi connectivity index (χ0v) is 9.18. The molecule has 2 amide bonds. The lowest BCUT2D eigenvalue weighted by atomic mass is 10.3. The van der Waals surface area contributed by atoms with E-state index in [1.54, 1.807) is 18.2 Å². The summed E-state index contributed by atoms with van der Waals surface area (Å²) in [6.07, 6.45) is 0. The Bertz CT molecular complexity index is 355. The Balaban J connectivity index is 2.66. The number of amides is 2. The number of aliphatic hydroxyl groups is 1. The third kappa shape index (κ3) is 3.13. The first-order valence-corrected chi connectivity index (χ1v) is 5.13. The van der Waals surface area contributed by atoms with Gasteiger partial charge in [-0.3, -0.25) is 0 Å². The molecule has 0 unspecified atom stereocenters. The number of carbonyl (C=O) groups is 1. The molecule has 0 aliphatic rings. The van der Waals surface area contributed by atoms with Gasteiger partial charge < -0.3 is 20.4 Å². The van der Waals surface area contributed by atoms with Gasteiger partial charge in [-0.2, -0.15) is 0 Å². The van der Waals surface area contributed by atoms with Gasteiger partial charge in [0.2, 0.25) is 0 Å². The zero-order valence-electron chi connectivity index (χ0n) is 9.18. The minimum Gasteiger partial charge on any atom is -0.506 e. The molecule has 1 aromatic rings. The third-order valence-corrected chi connectivity index (χ3v) is 2.18. The van der Waals surface area contributed by atoms with Gasteiger partial charge >= 0.3 is 6.03 Å². The summed E-state index contributed by atoms with van der Waals surface area (Å²) in [5.74, 6) is 0.0240. The number of para-hydroxylation sites is 2. The van der Waals surface area contributed by atoms with Crippen LogP contribution in [0.4, 0.5) is 10.5 Å².